The lowest BCUT2D eigenvalue weighted by molar-refractivity contribution is -0.120. The van der Waals surface area contributed by atoms with Crippen LogP contribution in [-0.4, -0.2) is 26.9 Å². The average Bonchev–Trinajstić information content (AvgIpc) is 2.74. The second kappa shape index (κ2) is 7.94. The zero-order valence-corrected chi connectivity index (χ0v) is 13.9. The van der Waals surface area contributed by atoms with E-state index >= 15 is 0 Å². The fraction of sp³-hybridized carbons (Fsp3) is 0.533. The minimum absolute atomic E-state index is 0.0577. The summed E-state index contributed by atoms with van der Waals surface area (Å²) in [6.07, 6.45) is 6.56. The van der Waals surface area contributed by atoms with Crippen LogP contribution in [0.2, 0.25) is 5.02 Å². The maximum absolute atomic E-state index is 12.1. The van der Waals surface area contributed by atoms with Gasteiger partial charge in [-0.05, 0) is 31.0 Å². The van der Waals surface area contributed by atoms with Gasteiger partial charge in [0.2, 0.25) is 15.9 Å². The standard InChI is InChI=1S/C15H21ClN2O3S/c16-12-6-5-9-14(10-12)22(20,21)17-11-15(19)18-13-7-3-1-2-4-8-13/h5-6,9-10,13,17H,1-4,7-8,11H2,(H,18,19). The number of sulfonamides is 1. The normalized spacial score (nSPS) is 17.0. The van der Waals surface area contributed by atoms with Crippen LogP contribution in [0.15, 0.2) is 29.2 Å². The summed E-state index contributed by atoms with van der Waals surface area (Å²) in [5.41, 5.74) is 0. The van der Waals surface area contributed by atoms with Gasteiger partial charge in [0.15, 0.2) is 0 Å². The molecule has 0 radical (unpaired) electrons. The van der Waals surface area contributed by atoms with Gasteiger partial charge in [0, 0.05) is 11.1 Å². The van der Waals surface area contributed by atoms with Gasteiger partial charge in [0.05, 0.1) is 11.4 Å². The van der Waals surface area contributed by atoms with Gasteiger partial charge in [-0.2, -0.15) is 0 Å². The van der Waals surface area contributed by atoms with E-state index in [0.717, 1.165) is 25.7 Å². The van der Waals surface area contributed by atoms with Crippen LogP contribution >= 0.6 is 11.6 Å². The predicted octanol–water partition coefficient (Wildman–Crippen LogP) is 2.46. The molecule has 0 aromatic heterocycles. The van der Waals surface area contributed by atoms with Gasteiger partial charge < -0.3 is 5.32 Å². The Bertz CT molecular complexity index is 611. The topological polar surface area (TPSA) is 75.3 Å². The Morgan fingerprint density at radius 2 is 1.86 bits per heavy atom. The molecular formula is C15H21ClN2O3S. The van der Waals surface area contributed by atoms with E-state index in [2.05, 4.69) is 10.0 Å². The van der Waals surface area contributed by atoms with Crippen LogP contribution in [0.25, 0.3) is 0 Å². The molecule has 0 heterocycles. The molecule has 2 rings (SSSR count). The van der Waals surface area contributed by atoms with Crippen LogP contribution in [0.5, 0.6) is 0 Å². The maximum Gasteiger partial charge on any atom is 0.241 e. The van der Waals surface area contributed by atoms with Crippen LogP contribution in [0.3, 0.4) is 0 Å². The number of nitrogens with one attached hydrogen (secondary N) is 2. The van der Waals surface area contributed by atoms with Crippen LogP contribution in [0.4, 0.5) is 0 Å². The van der Waals surface area contributed by atoms with E-state index in [1.165, 1.54) is 25.0 Å². The summed E-state index contributed by atoms with van der Waals surface area (Å²) in [4.78, 5) is 12.0. The van der Waals surface area contributed by atoms with E-state index in [-0.39, 0.29) is 23.4 Å². The molecule has 2 N–H and O–H groups in total. The Balaban J connectivity index is 1.87. The third-order valence-electron chi connectivity index (χ3n) is 3.75. The fourth-order valence-corrected chi connectivity index (χ4v) is 3.86. The molecule has 0 unspecified atom stereocenters. The molecule has 7 heteroatoms. The molecule has 1 aromatic carbocycles. The largest absolute Gasteiger partial charge is 0.352 e. The molecule has 0 spiro atoms. The molecular weight excluding hydrogens is 324 g/mol. The van der Waals surface area contributed by atoms with Gasteiger partial charge >= 0.3 is 0 Å². The summed E-state index contributed by atoms with van der Waals surface area (Å²) in [5, 5.41) is 3.24. The number of carbonyl (C=O) groups excluding carboxylic acids is 1. The summed E-state index contributed by atoms with van der Waals surface area (Å²) in [7, 11) is -3.72. The summed E-state index contributed by atoms with van der Waals surface area (Å²) in [6.45, 7) is -0.259. The SMILES string of the molecule is O=C(CNS(=O)(=O)c1cccc(Cl)c1)NC1CCCCCC1. The molecule has 1 amide bonds. The smallest absolute Gasteiger partial charge is 0.241 e. The third-order valence-corrected chi connectivity index (χ3v) is 5.38. The van der Waals surface area contributed by atoms with Crippen molar-refractivity contribution in [3.63, 3.8) is 0 Å². The van der Waals surface area contributed by atoms with Gasteiger partial charge in [-0.25, -0.2) is 13.1 Å². The number of halogens is 1. The molecule has 0 saturated heterocycles. The highest BCUT2D eigenvalue weighted by molar-refractivity contribution is 7.89. The minimum atomic E-state index is -3.72. The van der Waals surface area contributed by atoms with Crippen molar-refractivity contribution in [2.45, 2.75) is 49.5 Å². The molecule has 0 aliphatic heterocycles. The quantitative estimate of drug-likeness (QED) is 0.806. The van der Waals surface area contributed by atoms with E-state index in [1.54, 1.807) is 12.1 Å². The Morgan fingerprint density at radius 1 is 1.18 bits per heavy atom. The molecule has 1 aliphatic rings. The number of carbonyl (C=O) groups is 1. The first-order valence-electron chi connectivity index (χ1n) is 7.52. The second-order valence-corrected chi connectivity index (χ2v) is 7.74. The molecule has 1 aliphatic carbocycles. The highest BCUT2D eigenvalue weighted by Crippen LogP contribution is 2.17. The van der Waals surface area contributed by atoms with Gasteiger partial charge in [-0.1, -0.05) is 43.4 Å². The van der Waals surface area contributed by atoms with Crippen molar-refractivity contribution >= 4 is 27.5 Å². The van der Waals surface area contributed by atoms with Crippen molar-refractivity contribution in [1.82, 2.24) is 10.0 Å². The summed E-state index contributed by atoms with van der Waals surface area (Å²) in [6, 6.07) is 6.11. The predicted molar refractivity (Wildman–Crippen MR) is 86.3 cm³/mol. The molecule has 1 saturated carbocycles. The van der Waals surface area contributed by atoms with Crippen molar-refractivity contribution in [2.75, 3.05) is 6.54 Å². The van der Waals surface area contributed by atoms with Gasteiger partial charge in [0.25, 0.3) is 0 Å². The number of hydrogen-bond donors (Lipinski definition) is 2. The number of hydrogen-bond acceptors (Lipinski definition) is 3. The average molecular weight is 345 g/mol. The Hall–Kier alpha value is -1.11. The number of benzene rings is 1. The molecule has 122 valence electrons. The summed E-state index contributed by atoms with van der Waals surface area (Å²) < 4.78 is 26.5. The van der Waals surface area contributed by atoms with Crippen molar-refractivity contribution in [3.8, 4) is 0 Å². The first-order valence-corrected chi connectivity index (χ1v) is 9.38. The van der Waals surface area contributed by atoms with Crippen LogP contribution in [0, 0.1) is 0 Å². The molecule has 22 heavy (non-hydrogen) atoms. The van der Waals surface area contributed by atoms with Crippen molar-refractivity contribution in [1.29, 1.82) is 0 Å². The number of rotatable bonds is 5. The lowest BCUT2D eigenvalue weighted by Crippen LogP contribution is -2.41. The molecule has 5 nitrogen and oxygen atoms in total. The van der Waals surface area contributed by atoms with E-state index in [0.29, 0.717) is 5.02 Å². The maximum atomic E-state index is 12.1. The van der Waals surface area contributed by atoms with E-state index in [1.807, 2.05) is 0 Å². The zero-order valence-electron chi connectivity index (χ0n) is 12.3. The van der Waals surface area contributed by atoms with Gasteiger partial charge in [-0.3, -0.25) is 4.79 Å². The minimum Gasteiger partial charge on any atom is -0.352 e. The molecule has 1 aromatic rings. The lowest BCUT2D eigenvalue weighted by Gasteiger charge is -2.16. The van der Waals surface area contributed by atoms with Crippen molar-refractivity contribution in [3.05, 3.63) is 29.3 Å². The number of amides is 1. The lowest BCUT2D eigenvalue weighted by atomic mass is 10.1. The summed E-state index contributed by atoms with van der Waals surface area (Å²) in [5.74, 6) is -0.294. The Labute approximate surface area is 136 Å². The van der Waals surface area contributed by atoms with Crippen LogP contribution in [0.1, 0.15) is 38.5 Å². The zero-order chi connectivity index (χ0) is 16.0. The highest BCUT2D eigenvalue weighted by Gasteiger charge is 2.18. The first-order chi connectivity index (χ1) is 10.5. The third kappa shape index (κ3) is 5.26. The highest BCUT2D eigenvalue weighted by atomic mass is 35.5. The van der Waals surface area contributed by atoms with E-state index < -0.39 is 10.0 Å². The van der Waals surface area contributed by atoms with Gasteiger partial charge in [0.1, 0.15) is 0 Å². The Kier molecular flexibility index (Phi) is 6.23. The van der Waals surface area contributed by atoms with Crippen LogP contribution < -0.4 is 10.0 Å². The molecule has 0 bridgehead atoms. The van der Waals surface area contributed by atoms with Crippen molar-refractivity contribution in [2.24, 2.45) is 0 Å². The monoisotopic (exact) mass is 344 g/mol. The van der Waals surface area contributed by atoms with Gasteiger partial charge in [-0.15, -0.1) is 0 Å². The fourth-order valence-electron chi connectivity index (χ4n) is 2.58. The van der Waals surface area contributed by atoms with E-state index in [9.17, 15) is 13.2 Å². The van der Waals surface area contributed by atoms with E-state index in [4.69, 9.17) is 11.6 Å². The first kappa shape index (κ1) is 17.2. The van der Waals surface area contributed by atoms with Crippen LogP contribution in [-0.2, 0) is 14.8 Å². The van der Waals surface area contributed by atoms with Crippen molar-refractivity contribution < 1.29 is 13.2 Å². The molecule has 1 fully saturated rings. The second-order valence-electron chi connectivity index (χ2n) is 5.54. The summed E-state index contributed by atoms with van der Waals surface area (Å²) >= 11 is 5.79. The Morgan fingerprint density at radius 3 is 2.50 bits per heavy atom. The molecule has 0 atom stereocenters.